The zero-order valence-electron chi connectivity index (χ0n) is 11.9. The number of rotatable bonds is 3. The zero-order valence-corrected chi connectivity index (χ0v) is 11.9. The first-order chi connectivity index (χ1) is 8.10. The van der Waals surface area contributed by atoms with E-state index in [2.05, 4.69) is 13.8 Å². The number of methoxy groups -OCH3 is 2. The van der Waals surface area contributed by atoms with Crippen molar-refractivity contribution in [3.63, 3.8) is 0 Å². The lowest BCUT2D eigenvalue weighted by Crippen LogP contribution is -2.45. The summed E-state index contributed by atoms with van der Waals surface area (Å²) in [6.07, 6.45) is 8.20. The van der Waals surface area contributed by atoms with E-state index in [0.29, 0.717) is 11.3 Å². The topological polar surface area (TPSA) is 18.5 Å². The average Bonchev–Trinajstić information content (AvgIpc) is 2.31. The van der Waals surface area contributed by atoms with Gasteiger partial charge < -0.3 is 9.47 Å². The summed E-state index contributed by atoms with van der Waals surface area (Å²) in [6.45, 7) is 4.92. The molecule has 2 nitrogen and oxygen atoms in total. The van der Waals surface area contributed by atoms with Crippen molar-refractivity contribution < 1.29 is 9.47 Å². The van der Waals surface area contributed by atoms with Gasteiger partial charge in [-0.2, -0.15) is 0 Å². The molecule has 0 amide bonds. The molecule has 0 radical (unpaired) electrons. The lowest BCUT2D eigenvalue weighted by molar-refractivity contribution is -0.174. The highest BCUT2D eigenvalue weighted by Crippen LogP contribution is 2.53. The molecule has 0 aromatic rings. The highest BCUT2D eigenvalue weighted by molar-refractivity contribution is 4.94. The highest BCUT2D eigenvalue weighted by Gasteiger charge is 2.46. The minimum absolute atomic E-state index is 0.0108. The maximum Gasteiger partial charge on any atom is 0.159 e. The average molecular weight is 240 g/mol. The molecule has 0 bridgehead atoms. The Morgan fingerprint density at radius 1 is 1.00 bits per heavy atom. The van der Waals surface area contributed by atoms with Crippen LogP contribution in [0.1, 0.15) is 52.4 Å². The van der Waals surface area contributed by atoms with E-state index >= 15 is 0 Å². The summed E-state index contributed by atoms with van der Waals surface area (Å²) in [4.78, 5) is 0. The minimum atomic E-state index is 0.0108. The highest BCUT2D eigenvalue weighted by atomic mass is 16.7. The molecule has 100 valence electrons. The summed E-state index contributed by atoms with van der Waals surface area (Å²) < 4.78 is 11.1. The Morgan fingerprint density at radius 3 is 2.35 bits per heavy atom. The van der Waals surface area contributed by atoms with Crippen molar-refractivity contribution in [1.82, 2.24) is 0 Å². The van der Waals surface area contributed by atoms with Gasteiger partial charge >= 0.3 is 0 Å². The van der Waals surface area contributed by atoms with Crippen molar-refractivity contribution in [1.29, 1.82) is 0 Å². The fraction of sp³-hybridized carbons (Fsp3) is 1.00. The van der Waals surface area contributed by atoms with E-state index in [1.54, 1.807) is 14.2 Å². The Labute approximate surface area is 106 Å². The maximum atomic E-state index is 5.53. The lowest BCUT2D eigenvalue weighted by atomic mass is 9.56. The summed E-state index contributed by atoms with van der Waals surface area (Å²) >= 11 is 0. The second-order valence-corrected chi connectivity index (χ2v) is 6.59. The van der Waals surface area contributed by atoms with Crippen LogP contribution in [0.3, 0.4) is 0 Å². The zero-order chi connectivity index (χ0) is 12.5. The molecule has 0 saturated heterocycles. The Balaban J connectivity index is 2.14. The molecule has 0 aromatic heterocycles. The number of ether oxygens (including phenoxy) is 2. The molecule has 2 saturated carbocycles. The fourth-order valence-electron chi connectivity index (χ4n) is 4.45. The summed E-state index contributed by atoms with van der Waals surface area (Å²) in [5, 5.41) is 0. The minimum Gasteiger partial charge on any atom is -0.356 e. The largest absolute Gasteiger partial charge is 0.356 e. The van der Waals surface area contributed by atoms with Crippen LogP contribution in [-0.4, -0.2) is 20.5 Å². The molecule has 2 aliphatic carbocycles. The molecule has 0 aromatic carbocycles. The van der Waals surface area contributed by atoms with E-state index in [0.717, 1.165) is 11.8 Å². The molecule has 0 N–H and O–H groups in total. The van der Waals surface area contributed by atoms with Gasteiger partial charge in [0.25, 0.3) is 0 Å². The standard InChI is InChI=1S/C15H28O2/c1-15(2)10-6-8-11-12(14(16-3)17-4)7-5-9-13(11)15/h11-14H,5-10H2,1-4H3. The van der Waals surface area contributed by atoms with Gasteiger partial charge in [0.2, 0.25) is 0 Å². The molecule has 0 heterocycles. The van der Waals surface area contributed by atoms with Crippen molar-refractivity contribution >= 4 is 0 Å². The Kier molecular flexibility index (Phi) is 4.14. The Bertz CT molecular complexity index is 245. The number of hydrogen-bond acceptors (Lipinski definition) is 2. The molecule has 3 atom stereocenters. The molecule has 2 fully saturated rings. The van der Waals surface area contributed by atoms with Gasteiger partial charge in [0.05, 0.1) is 0 Å². The number of hydrogen-bond donors (Lipinski definition) is 0. The Hall–Kier alpha value is -0.0800. The van der Waals surface area contributed by atoms with Crippen LogP contribution in [0.25, 0.3) is 0 Å². The van der Waals surface area contributed by atoms with Crippen molar-refractivity contribution in [3.05, 3.63) is 0 Å². The predicted molar refractivity (Wildman–Crippen MR) is 69.8 cm³/mol. The summed E-state index contributed by atoms with van der Waals surface area (Å²) in [6, 6.07) is 0. The first-order valence-electron chi connectivity index (χ1n) is 7.15. The van der Waals surface area contributed by atoms with Crippen LogP contribution in [0.2, 0.25) is 0 Å². The van der Waals surface area contributed by atoms with Crippen LogP contribution >= 0.6 is 0 Å². The first kappa shape index (κ1) is 13.4. The van der Waals surface area contributed by atoms with Crippen molar-refractivity contribution in [3.8, 4) is 0 Å². The molecular formula is C15H28O2. The van der Waals surface area contributed by atoms with Crippen LogP contribution in [-0.2, 0) is 9.47 Å². The van der Waals surface area contributed by atoms with Crippen LogP contribution in [0.4, 0.5) is 0 Å². The van der Waals surface area contributed by atoms with Crippen molar-refractivity contribution in [2.45, 2.75) is 58.7 Å². The van der Waals surface area contributed by atoms with E-state index in [-0.39, 0.29) is 6.29 Å². The summed E-state index contributed by atoms with van der Waals surface area (Å²) in [5.41, 5.74) is 0.521. The third-order valence-electron chi connectivity index (χ3n) is 5.30. The van der Waals surface area contributed by atoms with Gasteiger partial charge in [0.15, 0.2) is 6.29 Å². The molecule has 2 heteroatoms. The fourth-order valence-corrected chi connectivity index (χ4v) is 4.45. The monoisotopic (exact) mass is 240 g/mol. The van der Waals surface area contributed by atoms with Crippen LogP contribution in [0, 0.1) is 23.2 Å². The SMILES string of the molecule is COC(OC)C1CCCC2C1CCCC2(C)C. The van der Waals surface area contributed by atoms with Crippen LogP contribution in [0.15, 0.2) is 0 Å². The quantitative estimate of drug-likeness (QED) is 0.698. The molecule has 17 heavy (non-hydrogen) atoms. The number of fused-ring (bicyclic) bond motifs is 1. The van der Waals surface area contributed by atoms with Crippen LogP contribution < -0.4 is 0 Å². The van der Waals surface area contributed by atoms with Gasteiger partial charge in [-0.25, -0.2) is 0 Å². The maximum absolute atomic E-state index is 5.53. The summed E-state index contributed by atoms with van der Waals surface area (Å²) in [7, 11) is 3.57. The lowest BCUT2D eigenvalue weighted by Gasteiger charge is -2.51. The van der Waals surface area contributed by atoms with Crippen molar-refractivity contribution in [2.75, 3.05) is 14.2 Å². The van der Waals surface area contributed by atoms with Crippen LogP contribution in [0.5, 0.6) is 0 Å². The predicted octanol–water partition coefficient (Wildman–Crippen LogP) is 3.85. The van der Waals surface area contributed by atoms with Crippen molar-refractivity contribution in [2.24, 2.45) is 23.2 Å². The second kappa shape index (κ2) is 5.27. The van der Waals surface area contributed by atoms with Gasteiger partial charge in [-0.1, -0.05) is 26.7 Å². The molecule has 2 aliphatic rings. The molecule has 0 spiro atoms. The normalized spacial score (nSPS) is 36.9. The molecule has 3 unspecified atom stereocenters. The molecular weight excluding hydrogens is 212 g/mol. The van der Waals surface area contributed by atoms with Gasteiger partial charge in [-0.05, 0) is 42.9 Å². The van der Waals surface area contributed by atoms with Gasteiger partial charge in [-0.15, -0.1) is 0 Å². The van der Waals surface area contributed by atoms with E-state index in [4.69, 9.17) is 9.47 Å². The second-order valence-electron chi connectivity index (χ2n) is 6.59. The van der Waals surface area contributed by atoms with E-state index < -0.39 is 0 Å². The third kappa shape index (κ3) is 2.53. The van der Waals surface area contributed by atoms with E-state index in [1.807, 2.05) is 0 Å². The first-order valence-corrected chi connectivity index (χ1v) is 7.15. The van der Waals surface area contributed by atoms with Gasteiger partial charge in [-0.3, -0.25) is 0 Å². The molecule has 0 aliphatic heterocycles. The third-order valence-corrected chi connectivity index (χ3v) is 5.30. The van der Waals surface area contributed by atoms with Gasteiger partial charge in [0, 0.05) is 20.1 Å². The van der Waals surface area contributed by atoms with E-state index in [1.165, 1.54) is 38.5 Å². The smallest absolute Gasteiger partial charge is 0.159 e. The summed E-state index contributed by atoms with van der Waals surface area (Å²) in [5.74, 6) is 2.31. The Morgan fingerprint density at radius 2 is 1.71 bits per heavy atom. The molecule has 2 rings (SSSR count). The van der Waals surface area contributed by atoms with E-state index in [9.17, 15) is 0 Å². The van der Waals surface area contributed by atoms with Gasteiger partial charge in [0.1, 0.15) is 0 Å².